The number of nitrogens with zero attached hydrogens (tertiary/aromatic N) is 1. The summed E-state index contributed by atoms with van der Waals surface area (Å²) in [4.78, 5) is 30.4. The Balaban J connectivity index is 1.64. The van der Waals surface area contributed by atoms with E-state index in [0.29, 0.717) is 42.0 Å². The molecule has 6 nitrogen and oxygen atoms in total. The normalized spacial score (nSPS) is 19.9. The van der Waals surface area contributed by atoms with E-state index in [-0.39, 0.29) is 34.8 Å². The molecule has 5 rings (SSSR count). The molecule has 1 aliphatic heterocycles. The summed E-state index contributed by atoms with van der Waals surface area (Å²) in [5.74, 6) is 0.369. The maximum atomic E-state index is 14.1. The minimum absolute atomic E-state index is 0.0869. The quantitative estimate of drug-likeness (QED) is 0.256. The molecule has 0 N–H and O–H groups in total. The maximum absolute atomic E-state index is 14.1. The van der Waals surface area contributed by atoms with Crippen LogP contribution in [0.25, 0.3) is 0 Å². The molecule has 0 amide bonds. The highest BCUT2D eigenvalue weighted by molar-refractivity contribution is 9.10. The molecule has 43 heavy (non-hydrogen) atoms. The van der Waals surface area contributed by atoms with Crippen molar-refractivity contribution in [3.8, 4) is 11.5 Å². The third kappa shape index (κ3) is 6.46. The van der Waals surface area contributed by atoms with Gasteiger partial charge in [0.15, 0.2) is 23.1 Å². The number of carbonyl (C=O) groups excluding carboxylic acids is 2. The Kier molecular flexibility index (Phi) is 8.92. The van der Waals surface area contributed by atoms with Crippen molar-refractivity contribution in [2.45, 2.75) is 72.3 Å². The molecule has 0 spiro atoms. The molecular weight excluding hydrogens is 613 g/mol. The summed E-state index contributed by atoms with van der Waals surface area (Å²) in [6.45, 7) is 10.1. The molecule has 230 valence electrons. The van der Waals surface area contributed by atoms with Gasteiger partial charge in [-0.25, -0.2) is 4.39 Å². The Hall–Kier alpha value is -2.97. The van der Waals surface area contributed by atoms with Gasteiger partial charge in [-0.1, -0.05) is 39.8 Å². The molecule has 1 heterocycles. The van der Waals surface area contributed by atoms with E-state index in [4.69, 9.17) is 14.2 Å². The van der Waals surface area contributed by atoms with Crippen LogP contribution in [0.1, 0.15) is 76.8 Å². The van der Waals surface area contributed by atoms with Gasteiger partial charge >= 0.3 is 0 Å². The number of ketones is 2. The first-order valence-electron chi connectivity index (χ1n) is 14.9. The van der Waals surface area contributed by atoms with Gasteiger partial charge in [0.05, 0.1) is 11.6 Å². The van der Waals surface area contributed by atoms with Crippen LogP contribution in [-0.2, 0) is 20.9 Å². The molecule has 0 unspecified atom stereocenters. The van der Waals surface area contributed by atoms with Crippen LogP contribution in [0.4, 0.5) is 4.39 Å². The molecule has 0 bridgehead atoms. The SMILES string of the molecule is COCCCN1C2=C(C(=O)CC(C)(C)C2)C(c2cc(Br)c(OCc3ccc(F)cc3)c(OC)c2)C2=C1CC(C)(C)CC2=O. The van der Waals surface area contributed by atoms with Crippen LogP contribution in [0, 0.1) is 16.6 Å². The van der Waals surface area contributed by atoms with Gasteiger partial charge < -0.3 is 19.1 Å². The second kappa shape index (κ2) is 12.2. The first-order chi connectivity index (χ1) is 20.3. The van der Waals surface area contributed by atoms with Crippen LogP contribution in [0.2, 0.25) is 0 Å². The average molecular weight is 655 g/mol. The van der Waals surface area contributed by atoms with E-state index in [2.05, 4.69) is 48.5 Å². The molecule has 0 atom stereocenters. The van der Waals surface area contributed by atoms with Crippen molar-refractivity contribution in [1.29, 1.82) is 0 Å². The van der Waals surface area contributed by atoms with E-state index >= 15 is 0 Å². The van der Waals surface area contributed by atoms with Crippen molar-refractivity contribution in [3.63, 3.8) is 0 Å². The van der Waals surface area contributed by atoms with Crippen molar-refractivity contribution >= 4 is 27.5 Å². The summed E-state index contributed by atoms with van der Waals surface area (Å²) >= 11 is 3.70. The standard InChI is InChI=1S/C35H41BrFNO5/c1-34(2)16-25-31(27(39)18-34)30(32-26(38(25)12-7-13-41-5)17-35(3,4)19-28(32)40)22-14-24(36)33(29(15-22)42-6)43-20-21-8-10-23(37)11-9-21/h8-11,14-15,30H,7,12-13,16-20H2,1-6H3. The van der Waals surface area contributed by atoms with Crippen LogP contribution in [-0.4, -0.2) is 43.8 Å². The first-order valence-corrected chi connectivity index (χ1v) is 15.7. The van der Waals surface area contributed by atoms with Gasteiger partial charge in [-0.15, -0.1) is 0 Å². The Labute approximate surface area is 262 Å². The molecule has 0 saturated carbocycles. The van der Waals surface area contributed by atoms with Crippen molar-refractivity contribution in [1.82, 2.24) is 4.90 Å². The Morgan fingerprint density at radius 3 is 2.02 bits per heavy atom. The molecular formula is C35H41BrFNO5. The Morgan fingerprint density at radius 2 is 1.49 bits per heavy atom. The summed E-state index contributed by atoms with van der Waals surface area (Å²) in [5, 5.41) is 0. The number of rotatable bonds is 9. The van der Waals surface area contributed by atoms with Crippen LogP contribution < -0.4 is 9.47 Å². The van der Waals surface area contributed by atoms with E-state index in [1.165, 1.54) is 12.1 Å². The lowest BCUT2D eigenvalue weighted by Crippen LogP contribution is -2.44. The minimum atomic E-state index is -0.493. The molecule has 0 saturated heterocycles. The fourth-order valence-electron chi connectivity index (χ4n) is 6.80. The predicted octanol–water partition coefficient (Wildman–Crippen LogP) is 7.90. The van der Waals surface area contributed by atoms with Crippen molar-refractivity contribution < 1.29 is 28.2 Å². The van der Waals surface area contributed by atoms with Gasteiger partial charge in [0.2, 0.25) is 0 Å². The number of methoxy groups -OCH3 is 2. The number of halogens is 2. The second-order valence-electron chi connectivity index (χ2n) is 13.5. The van der Waals surface area contributed by atoms with E-state index in [1.807, 2.05) is 12.1 Å². The molecule has 0 aromatic heterocycles. The minimum Gasteiger partial charge on any atom is -0.493 e. The van der Waals surface area contributed by atoms with E-state index in [1.54, 1.807) is 26.4 Å². The van der Waals surface area contributed by atoms with E-state index < -0.39 is 5.92 Å². The fourth-order valence-corrected chi connectivity index (χ4v) is 7.37. The van der Waals surface area contributed by atoms with Crippen molar-refractivity contribution in [3.05, 3.63) is 80.4 Å². The number of hydrogen-bond acceptors (Lipinski definition) is 6. The largest absolute Gasteiger partial charge is 0.493 e. The third-order valence-electron chi connectivity index (χ3n) is 8.63. The summed E-state index contributed by atoms with van der Waals surface area (Å²) in [6, 6.07) is 10.0. The Morgan fingerprint density at radius 1 is 0.907 bits per heavy atom. The number of Topliss-reactive ketones (excluding diaryl/α,β-unsaturated/α-hetero) is 2. The number of allylic oxidation sites excluding steroid dienone is 4. The number of hydrogen-bond donors (Lipinski definition) is 0. The average Bonchev–Trinajstić information content (AvgIpc) is 2.92. The van der Waals surface area contributed by atoms with Crippen LogP contribution in [0.3, 0.4) is 0 Å². The maximum Gasteiger partial charge on any atom is 0.175 e. The zero-order valence-electron chi connectivity index (χ0n) is 25.9. The second-order valence-corrected chi connectivity index (χ2v) is 14.3. The van der Waals surface area contributed by atoms with Gasteiger partial charge in [-0.05, 0) is 81.4 Å². The van der Waals surface area contributed by atoms with E-state index in [9.17, 15) is 14.0 Å². The lowest BCUT2D eigenvalue weighted by molar-refractivity contribution is -0.119. The Bertz CT molecular complexity index is 1440. The lowest BCUT2D eigenvalue weighted by Gasteiger charge is -2.49. The topological polar surface area (TPSA) is 65.1 Å². The van der Waals surface area contributed by atoms with Gasteiger partial charge in [-0.3, -0.25) is 9.59 Å². The van der Waals surface area contributed by atoms with Crippen molar-refractivity contribution in [2.75, 3.05) is 27.4 Å². The van der Waals surface area contributed by atoms with Crippen molar-refractivity contribution in [2.24, 2.45) is 10.8 Å². The molecule has 3 aliphatic rings. The predicted molar refractivity (Wildman–Crippen MR) is 167 cm³/mol. The highest BCUT2D eigenvalue weighted by Crippen LogP contribution is 2.55. The lowest BCUT2D eigenvalue weighted by atomic mass is 9.63. The zero-order chi connectivity index (χ0) is 31.1. The third-order valence-corrected chi connectivity index (χ3v) is 9.22. The highest BCUT2D eigenvalue weighted by Gasteiger charge is 2.49. The first kappa shape index (κ1) is 31.5. The van der Waals surface area contributed by atoms with Gasteiger partial charge in [0, 0.05) is 61.6 Å². The monoisotopic (exact) mass is 653 g/mol. The molecule has 2 aliphatic carbocycles. The van der Waals surface area contributed by atoms with Crippen LogP contribution in [0.5, 0.6) is 11.5 Å². The molecule has 0 fully saturated rings. The fraction of sp³-hybridized carbons (Fsp3) is 0.486. The number of benzene rings is 2. The summed E-state index contributed by atoms with van der Waals surface area (Å²) in [5.41, 5.74) is 4.74. The molecule has 8 heteroatoms. The van der Waals surface area contributed by atoms with Crippen LogP contribution in [0.15, 0.2) is 63.4 Å². The molecule has 2 aromatic carbocycles. The van der Waals surface area contributed by atoms with Crippen LogP contribution >= 0.6 is 15.9 Å². The van der Waals surface area contributed by atoms with E-state index in [0.717, 1.165) is 52.9 Å². The van der Waals surface area contributed by atoms with Gasteiger partial charge in [-0.2, -0.15) is 0 Å². The number of ether oxygens (including phenoxy) is 3. The zero-order valence-corrected chi connectivity index (χ0v) is 27.5. The highest BCUT2D eigenvalue weighted by atomic mass is 79.9. The summed E-state index contributed by atoms with van der Waals surface area (Å²) in [6.07, 6.45) is 3.14. The van der Waals surface area contributed by atoms with Gasteiger partial charge in [0.1, 0.15) is 12.4 Å². The summed E-state index contributed by atoms with van der Waals surface area (Å²) in [7, 11) is 3.27. The molecule has 2 aromatic rings. The smallest absolute Gasteiger partial charge is 0.175 e. The molecule has 0 radical (unpaired) electrons. The van der Waals surface area contributed by atoms with Gasteiger partial charge in [0.25, 0.3) is 0 Å². The summed E-state index contributed by atoms with van der Waals surface area (Å²) < 4.78 is 31.4. The number of carbonyl (C=O) groups is 2.